The topological polar surface area (TPSA) is 87.7 Å². The number of ether oxygens (including phenoxy) is 1. The summed E-state index contributed by atoms with van der Waals surface area (Å²) in [5.41, 5.74) is 1.11. The van der Waals surface area contributed by atoms with Crippen molar-refractivity contribution in [2.75, 3.05) is 5.32 Å². The van der Waals surface area contributed by atoms with E-state index in [-0.39, 0.29) is 36.1 Å². The SMILES string of the molecule is Cc1cccc(NC(=O)[C@H]2[C@H]3C=C[C@@]4(O3)[C@H]2C(=O)N(Cc2ccc(F)cc2)[C@@H]4C(=O)N[C@@H]2CCCC[C@@H]2C)c1. The van der Waals surface area contributed by atoms with Gasteiger partial charge in [0.1, 0.15) is 17.5 Å². The minimum absolute atomic E-state index is 0.0208. The monoisotopic (exact) mass is 531 g/mol. The van der Waals surface area contributed by atoms with Gasteiger partial charge >= 0.3 is 0 Å². The number of likely N-dealkylation sites (tertiary alicyclic amines) is 1. The molecule has 1 saturated carbocycles. The van der Waals surface area contributed by atoms with Crippen LogP contribution in [0.1, 0.15) is 43.7 Å². The van der Waals surface area contributed by atoms with Gasteiger partial charge in [0.2, 0.25) is 17.7 Å². The normalized spacial score (nSPS) is 32.8. The first-order chi connectivity index (χ1) is 18.8. The first-order valence-corrected chi connectivity index (χ1v) is 13.9. The second-order valence-electron chi connectivity index (χ2n) is 11.5. The lowest BCUT2D eigenvalue weighted by Gasteiger charge is -2.36. The number of amides is 3. The fourth-order valence-electron chi connectivity index (χ4n) is 6.97. The zero-order valence-corrected chi connectivity index (χ0v) is 22.2. The van der Waals surface area contributed by atoms with Gasteiger partial charge in [0.25, 0.3) is 0 Å². The van der Waals surface area contributed by atoms with Crippen LogP contribution < -0.4 is 10.6 Å². The molecular weight excluding hydrogens is 497 g/mol. The second kappa shape index (κ2) is 9.90. The molecule has 2 aromatic carbocycles. The molecule has 1 aliphatic carbocycles. The molecule has 3 fully saturated rings. The van der Waals surface area contributed by atoms with Crippen molar-refractivity contribution in [2.24, 2.45) is 17.8 Å². The molecule has 3 heterocycles. The Morgan fingerprint density at radius 1 is 1.10 bits per heavy atom. The summed E-state index contributed by atoms with van der Waals surface area (Å²) in [6.45, 7) is 4.20. The highest BCUT2D eigenvalue weighted by Crippen LogP contribution is 2.55. The van der Waals surface area contributed by atoms with Gasteiger partial charge in [-0.25, -0.2) is 4.39 Å². The summed E-state index contributed by atoms with van der Waals surface area (Å²) < 4.78 is 20.0. The maximum atomic E-state index is 14.1. The van der Waals surface area contributed by atoms with Crippen molar-refractivity contribution in [3.05, 3.63) is 77.6 Å². The molecule has 6 rings (SSSR count). The lowest BCUT2D eigenvalue weighted by Crippen LogP contribution is -2.57. The number of aryl methyl sites for hydroxylation is 1. The van der Waals surface area contributed by atoms with Crippen LogP contribution >= 0.6 is 0 Å². The highest BCUT2D eigenvalue weighted by molar-refractivity contribution is 6.02. The molecule has 2 bridgehead atoms. The standard InChI is InChI=1S/C31H34FN3O4/c1-18-6-5-8-22(16-18)33-28(36)25-24-14-15-31(39-24)26(25)30(38)35(17-20-10-12-21(32)13-11-20)27(31)29(37)34-23-9-4-3-7-19(23)2/h5-6,8,10-16,19,23-27H,3-4,7,9,17H2,1-2H3,(H,33,36)(H,34,37)/t19-,23+,24+,25-,26+,27+,31+/m0/s1. The van der Waals surface area contributed by atoms with E-state index in [0.717, 1.165) is 31.2 Å². The summed E-state index contributed by atoms with van der Waals surface area (Å²) in [5, 5.41) is 6.19. The third-order valence-electron chi connectivity index (χ3n) is 8.92. The van der Waals surface area contributed by atoms with Crippen LogP contribution in [0.5, 0.6) is 0 Å². The molecule has 3 aliphatic heterocycles. The van der Waals surface area contributed by atoms with Gasteiger partial charge in [-0.15, -0.1) is 0 Å². The van der Waals surface area contributed by atoms with Crippen molar-refractivity contribution in [1.29, 1.82) is 0 Å². The molecule has 0 unspecified atom stereocenters. The third-order valence-corrected chi connectivity index (χ3v) is 8.92. The Bertz CT molecular complexity index is 1330. The van der Waals surface area contributed by atoms with E-state index in [0.29, 0.717) is 17.2 Å². The molecule has 7 nitrogen and oxygen atoms in total. The zero-order valence-electron chi connectivity index (χ0n) is 22.2. The molecule has 4 aliphatic rings. The molecule has 3 amide bonds. The van der Waals surface area contributed by atoms with Gasteiger partial charge in [-0.2, -0.15) is 0 Å². The zero-order chi connectivity index (χ0) is 27.3. The fraction of sp³-hybridized carbons (Fsp3) is 0.452. The molecule has 8 heteroatoms. The van der Waals surface area contributed by atoms with E-state index in [1.54, 1.807) is 12.1 Å². The summed E-state index contributed by atoms with van der Waals surface area (Å²) in [4.78, 5) is 43.3. The van der Waals surface area contributed by atoms with Crippen molar-refractivity contribution in [3.8, 4) is 0 Å². The number of carbonyl (C=O) groups is 3. The Morgan fingerprint density at radius 2 is 1.87 bits per heavy atom. The Morgan fingerprint density at radius 3 is 2.62 bits per heavy atom. The molecule has 0 aromatic heterocycles. The van der Waals surface area contributed by atoms with Crippen LogP contribution in [-0.2, 0) is 25.7 Å². The summed E-state index contributed by atoms with van der Waals surface area (Å²) in [6.07, 6.45) is 7.16. The van der Waals surface area contributed by atoms with Crippen molar-refractivity contribution in [3.63, 3.8) is 0 Å². The lowest BCUT2D eigenvalue weighted by atomic mass is 9.74. The molecule has 39 heavy (non-hydrogen) atoms. The molecule has 204 valence electrons. The van der Waals surface area contributed by atoms with Gasteiger partial charge in [0.05, 0.1) is 17.9 Å². The number of rotatable bonds is 6. The number of hydrogen-bond donors (Lipinski definition) is 2. The predicted octanol–water partition coefficient (Wildman–Crippen LogP) is 4.12. The van der Waals surface area contributed by atoms with E-state index in [9.17, 15) is 18.8 Å². The highest BCUT2D eigenvalue weighted by Gasteiger charge is 2.72. The Labute approximate surface area is 227 Å². The van der Waals surface area contributed by atoms with E-state index in [4.69, 9.17) is 4.74 Å². The predicted molar refractivity (Wildman–Crippen MR) is 144 cm³/mol. The van der Waals surface area contributed by atoms with Crippen molar-refractivity contribution in [2.45, 2.75) is 69.9 Å². The van der Waals surface area contributed by atoms with Crippen LogP contribution in [0.25, 0.3) is 0 Å². The summed E-state index contributed by atoms with van der Waals surface area (Å²) in [7, 11) is 0. The number of hydrogen-bond acceptors (Lipinski definition) is 4. The third kappa shape index (κ3) is 4.44. The second-order valence-corrected chi connectivity index (χ2v) is 11.5. The number of nitrogens with one attached hydrogen (secondary N) is 2. The molecule has 0 radical (unpaired) electrons. The van der Waals surface area contributed by atoms with Gasteiger partial charge in [0, 0.05) is 18.3 Å². The summed E-state index contributed by atoms with van der Waals surface area (Å²) >= 11 is 0. The van der Waals surface area contributed by atoms with Crippen LogP contribution in [-0.4, -0.2) is 46.4 Å². The number of halogens is 1. The minimum atomic E-state index is -1.24. The van der Waals surface area contributed by atoms with E-state index in [2.05, 4.69) is 17.6 Å². The van der Waals surface area contributed by atoms with Crippen LogP contribution in [0.4, 0.5) is 10.1 Å². The molecule has 2 saturated heterocycles. The molecule has 7 atom stereocenters. The number of carbonyl (C=O) groups excluding carboxylic acids is 3. The van der Waals surface area contributed by atoms with E-state index >= 15 is 0 Å². The highest BCUT2D eigenvalue weighted by atomic mass is 19.1. The average Bonchev–Trinajstić information content (AvgIpc) is 3.54. The largest absolute Gasteiger partial charge is 0.359 e. The van der Waals surface area contributed by atoms with E-state index in [1.807, 2.05) is 43.3 Å². The van der Waals surface area contributed by atoms with Crippen molar-refractivity contribution < 1.29 is 23.5 Å². The first-order valence-electron chi connectivity index (χ1n) is 13.9. The van der Waals surface area contributed by atoms with Gasteiger partial charge in [-0.1, -0.05) is 56.2 Å². The number of benzene rings is 2. The quantitative estimate of drug-likeness (QED) is 0.549. The van der Waals surface area contributed by atoms with Gasteiger partial charge in [0.15, 0.2) is 0 Å². The van der Waals surface area contributed by atoms with Crippen molar-refractivity contribution in [1.82, 2.24) is 10.2 Å². The minimum Gasteiger partial charge on any atom is -0.359 e. The van der Waals surface area contributed by atoms with Gasteiger partial charge in [-0.05, 0) is 61.1 Å². The van der Waals surface area contributed by atoms with Crippen LogP contribution in [0.15, 0.2) is 60.7 Å². The van der Waals surface area contributed by atoms with E-state index in [1.165, 1.54) is 17.0 Å². The van der Waals surface area contributed by atoms with Crippen LogP contribution in [0.3, 0.4) is 0 Å². The van der Waals surface area contributed by atoms with Gasteiger partial charge < -0.3 is 20.3 Å². The fourth-order valence-corrected chi connectivity index (χ4v) is 6.97. The molecule has 2 aromatic rings. The average molecular weight is 532 g/mol. The lowest BCUT2D eigenvalue weighted by molar-refractivity contribution is -0.142. The molecule has 2 N–H and O–H groups in total. The summed E-state index contributed by atoms with van der Waals surface area (Å²) in [5.74, 6) is -2.52. The van der Waals surface area contributed by atoms with E-state index < -0.39 is 29.6 Å². The molecular formula is C31H34FN3O4. The Hall–Kier alpha value is -3.52. The molecule has 1 spiro atoms. The maximum absolute atomic E-state index is 14.1. The number of anilines is 1. The smallest absolute Gasteiger partial charge is 0.246 e. The van der Waals surface area contributed by atoms with Gasteiger partial charge in [-0.3, -0.25) is 14.4 Å². The Kier molecular flexibility index (Phi) is 6.53. The number of fused-ring (bicyclic) bond motifs is 1. The number of nitrogens with zero attached hydrogens (tertiary/aromatic N) is 1. The Balaban J connectivity index is 1.33. The van der Waals surface area contributed by atoms with Crippen molar-refractivity contribution >= 4 is 23.4 Å². The first kappa shape index (κ1) is 25.7. The summed E-state index contributed by atoms with van der Waals surface area (Å²) in [6, 6.07) is 12.5. The van der Waals surface area contributed by atoms with Crippen LogP contribution in [0, 0.1) is 30.5 Å². The maximum Gasteiger partial charge on any atom is 0.246 e. The van der Waals surface area contributed by atoms with Crippen LogP contribution in [0.2, 0.25) is 0 Å².